The lowest BCUT2D eigenvalue weighted by Gasteiger charge is -2.21. The highest BCUT2D eigenvalue weighted by molar-refractivity contribution is 6.09. The lowest BCUT2D eigenvalue weighted by atomic mass is 10.0. The van der Waals surface area contributed by atoms with Gasteiger partial charge in [-0.3, -0.25) is 14.1 Å². The van der Waals surface area contributed by atoms with Crippen molar-refractivity contribution in [2.45, 2.75) is 19.9 Å². The second-order valence-electron chi connectivity index (χ2n) is 7.65. The van der Waals surface area contributed by atoms with E-state index in [4.69, 9.17) is 4.74 Å². The van der Waals surface area contributed by atoms with E-state index < -0.39 is 11.8 Å². The maximum absolute atomic E-state index is 15.1. The van der Waals surface area contributed by atoms with E-state index in [9.17, 15) is 9.18 Å². The van der Waals surface area contributed by atoms with Gasteiger partial charge in [0, 0.05) is 24.9 Å². The van der Waals surface area contributed by atoms with Crippen LogP contribution in [-0.2, 0) is 7.05 Å². The molecule has 0 saturated heterocycles. The molecular weight excluding hydrogens is 378 g/mol. The molecule has 1 atom stereocenters. The molecule has 29 heavy (non-hydrogen) atoms. The van der Waals surface area contributed by atoms with Crippen LogP contribution in [0.3, 0.4) is 0 Å². The Hall–Kier alpha value is -3.29. The van der Waals surface area contributed by atoms with Crippen molar-refractivity contribution in [3.63, 3.8) is 0 Å². The first-order valence-corrected chi connectivity index (χ1v) is 9.35. The third-order valence-corrected chi connectivity index (χ3v) is 5.63. The Morgan fingerprint density at radius 1 is 1.21 bits per heavy atom. The highest BCUT2D eigenvalue weighted by Crippen LogP contribution is 2.44. The second kappa shape index (κ2) is 6.10. The molecule has 0 fully saturated rings. The van der Waals surface area contributed by atoms with Gasteiger partial charge >= 0.3 is 5.69 Å². The minimum absolute atomic E-state index is 0.108. The summed E-state index contributed by atoms with van der Waals surface area (Å²) < 4.78 is 37.9. The van der Waals surface area contributed by atoms with Crippen molar-refractivity contribution >= 4 is 21.9 Å². The fraction of sp³-hybridized carbons (Fsp3) is 0.286. The summed E-state index contributed by atoms with van der Waals surface area (Å²) in [6.07, 6.45) is 2.86. The number of hydrogen-bond acceptors (Lipinski definition) is 4. The van der Waals surface area contributed by atoms with E-state index in [1.54, 1.807) is 22.4 Å². The van der Waals surface area contributed by atoms with Crippen LogP contribution in [0.4, 0.5) is 8.78 Å². The quantitative estimate of drug-likeness (QED) is 0.484. The summed E-state index contributed by atoms with van der Waals surface area (Å²) in [5.74, 6) is -0.784. The molecule has 148 valence electrons. The SMILES string of the molecule is CC(C)[C@@H]1COc2c(-c3ccc(F)nc3)c(F)cc3ncc4c(c23)n1c(=O)n4C. The van der Waals surface area contributed by atoms with E-state index in [2.05, 4.69) is 9.97 Å². The number of hydrogen-bond donors (Lipinski definition) is 0. The van der Waals surface area contributed by atoms with Crippen LogP contribution in [0.1, 0.15) is 19.9 Å². The van der Waals surface area contributed by atoms with Crippen LogP contribution in [0, 0.1) is 17.7 Å². The van der Waals surface area contributed by atoms with E-state index in [1.807, 2.05) is 13.8 Å². The first kappa shape index (κ1) is 17.8. The third-order valence-electron chi connectivity index (χ3n) is 5.63. The minimum Gasteiger partial charge on any atom is -0.490 e. The predicted octanol–water partition coefficient (Wildman–Crippen LogP) is 3.82. The van der Waals surface area contributed by atoms with E-state index >= 15 is 4.39 Å². The van der Waals surface area contributed by atoms with Crippen LogP contribution < -0.4 is 10.4 Å². The number of aryl methyl sites for hydroxylation is 1. The number of rotatable bonds is 2. The number of imidazole rings is 1. The van der Waals surface area contributed by atoms with Gasteiger partial charge in [-0.05, 0) is 18.1 Å². The normalized spacial score (nSPS) is 16.0. The van der Waals surface area contributed by atoms with Gasteiger partial charge in [0.25, 0.3) is 0 Å². The van der Waals surface area contributed by atoms with Crippen LogP contribution in [0.2, 0.25) is 0 Å². The zero-order valence-electron chi connectivity index (χ0n) is 16.1. The van der Waals surface area contributed by atoms with E-state index in [0.717, 1.165) is 0 Å². The molecule has 0 bridgehead atoms. The second-order valence-corrected chi connectivity index (χ2v) is 7.65. The van der Waals surface area contributed by atoms with E-state index in [1.165, 1.54) is 24.4 Å². The number of halogens is 2. The lowest BCUT2D eigenvalue weighted by Crippen LogP contribution is -2.31. The Kier molecular flexibility index (Phi) is 3.74. The van der Waals surface area contributed by atoms with Gasteiger partial charge in [-0.15, -0.1) is 0 Å². The van der Waals surface area contributed by atoms with E-state index in [0.29, 0.717) is 33.2 Å². The summed E-state index contributed by atoms with van der Waals surface area (Å²) in [4.78, 5) is 21.1. The topological polar surface area (TPSA) is 61.9 Å². The van der Waals surface area contributed by atoms with Crippen molar-refractivity contribution in [2.75, 3.05) is 6.61 Å². The first-order chi connectivity index (χ1) is 13.9. The molecule has 4 heterocycles. The summed E-state index contributed by atoms with van der Waals surface area (Å²) in [5.41, 5.74) is 2.13. The molecule has 0 spiro atoms. The lowest BCUT2D eigenvalue weighted by molar-refractivity contribution is 0.217. The predicted molar refractivity (Wildman–Crippen MR) is 105 cm³/mol. The Morgan fingerprint density at radius 3 is 2.69 bits per heavy atom. The number of benzene rings is 1. The summed E-state index contributed by atoms with van der Waals surface area (Å²) in [5, 5.41) is 0.573. The van der Waals surface area contributed by atoms with E-state index in [-0.39, 0.29) is 29.8 Å². The molecule has 1 aliphatic rings. The molecule has 1 aromatic carbocycles. The van der Waals surface area contributed by atoms with Crippen LogP contribution in [0.15, 0.2) is 35.4 Å². The molecule has 3 aromatic heterocycles. The summed E-state index contributed by atoms with van der Waals surface area (Å²) in [7, 11) is 1.70. The van der Waals surface area contributed by atoms with Gasteiger partial charge < -0.3 is 4.74 Å². The largest absolute Gasteiger partial charge is 0.490 e. The highest BCUT2D eigenvalue weighted by atomic mass is 19.1. The van der Waals surface area contributed by atoms with Crippen molar-refractivity contribution in [3.05, 3.63) is 52.8 Å². The molecule has 0 radical (unpaired) electrons. The van der Waals surface area contributed by atoms with Crippen LogP contribution in [0.25, 0.3) is 33.1 Å². The van der Waals surface area contributed by atoms with Crippen LogP contribution >= 0.6 is 0 Å². The smallest absolute Gasteiger partial charge is 0.329 e. The molecule has 0 unspecified atom stereocenters. The Bertz CT molecular complexity index is 1340. The molecule has 0 N–H and O–H groups in total. The minimum atomic E-state index is -0.650. The summed E-state index contributed by atoms with van der Waals surface area (Å²) in [6.45, 7) is 4.23. The number of aromatic nitrogens is 4. The average Bonchev–Trinajstić information content (AvgIpc) is 2.84. The third kappa shape index (κ3) is 2.41. The average molecular weight is 396 g/mol. The van der Waals surface area contributed by atoms with Crippen LogP contribution in [-0.4, -0.2) is 25.7 Å². The van der Waals surface area contributed by atoms with Crippen molar-refractivity contribution in [1.29, 1.82) is 0 Å². The van der Waals surface area contributed by atoms with Gasteiger partial charge in [0.15, 0.2) is 0 Å². The van der Waals surface area contributed by atoms with Gasteiger partial charge in [-0.1, -0.05) is 13.8 Å². The molecule has 0 saturated carbocycles. The molecule has 5 rings (SSSR count). The molecule has 8 heteroatoms. The monoisotopic (exact) mass is 396 g/mol. The van der Waals surface area contributed by atoms with Crippen molar-refractivity contribution < 1.29 is 13.5 Å². The molecule has 4 aromatic rings. The molecule has 0 amide bonds. The first-order valence-electron chi connectivity index (χ1n) is 9.35. The van der Waals surface area contributed by atoms with Gasteiger partial charge in [0.2, 0.25) is 5.95 Å². The number of ether oxygens (including phenoxy) is 1. The Morgan fingerprint density at radius 2 is 2.00 bits per heavy atom. The standard InChI is InChI=1S/C21H18F2N4O2/c1-10(2)15-9-29-20-17(11-4-5-16(23)25-7-11)12(22)6-13-18(20)19-14(8-24-13)26(3)21(28)27(15)19/h4-8,10,15H,9H2,1-3H3/t15-/m0/s1. The Balaban J connectivity index is 1.97. The van der Waals surface area contributed by atoms with Gasteiger partial charge in [0.05, 0.1) is 39.7 Å². The van der Waals surface area contributed by atoms with Crippen molar-refractivity contribution in [3.8, 4) is 16.9 Å². The summed E-state index contributed by atoms with van der Waals surface area (Å²) >= 11 is 0. The molecule has 6 nitrogen and oxygen atoms in total. The Labute approximate surface area is 164 Å². The number of pyridine rings is 2. The van der Waals surface area contributed by atoms with Gasteiger partial charge in [0.1, 0.15) is 18.2 Å². The van der Waals surface area contributed by atoms with Crippen molar-refractivity contribution in [1.82, 2.24) is 19.1 Å². The molecular formula is C21H18F2N4O2. The maximum Gasteiger partial charge on any atom is 0.329 e. The fourth-order valence-electron chi connectivity index (χ4n) is 4.09. The molecule has 0 aliphatic carbocycles. The molecule has 1 aliphatic heterocycles. The van der Waals surface area contributed by atoms with Crippen LogP contribution in [0.5, 0.6) is 5.75 Å². The van der Waals surface area contributed by atoms with Gasteiger partial charge in [-0.25, -0.2) is 14.2 Å². The maximum atomic E-state index is 15.1. The fourth-order valence-corrected chi connectivity index (χ4v) is 4.09. The van der Waals surface area contributed by atoms with Gasteiger partial charge in [-0.2, -0.15) is 4.39 Å². The zero-order valence-corrected chi connectivity index (χ0v) is 16.1. The zero-order chi connectivity index (χ0) is 20.4. The number of nitrogens with zero attached hydrogens (tertiary/aromatic N) is 4. The summed E-state index contributed by atoms with van der Waals surface area (Å²) in [6, 6.07) is 3.73. The highest BCUT2D eigenvalue weighted by Gasteiger charge is 2.31. The van der Waals surface area contributed by atoms with Crippen molar-refractivity contribution in [2.24, 2.45) is 13.0 Å².